The van der Waals surface area contributed by atoms with E-state index >= 15 is 0 Å². The molecule has 86 valence electrons. The van der Waals surface area contributed by atoms with Crippen LogP contribution in [0.1, 0.15) is 17.4 Å². The predicted molar refractivity (Wildman–Crippen MR) is 55.9 cm³/mol. The van der Waals surface area contributed by atoms with Gasteiger partial charge in [0, 0.05) is 13.2 Å². The maximum Gasteiger partial charge on any atom is 0.375 e. The van der Waals surface area contributed by atoms with Gasteiger partial charge in [-0.05, 0) is 19.1 Å². The zero-order valence-electron chi connectivity index (χ0n) is 9.39. The first kappa shape index (κ1) is 12.2. The molecule has 0 bridgehead atoms. The molecule has 0 fully saturated rings. The molecule has 1 rings (SSSR count). The number of carbonyl (C=O) groups excluding carboxylic acids is 3. The van der Waals surface area contributed by atoms with Gasteiger partial charge in [0.2, 0.25) is 0 Å². The maximum atomic E-state index is 11.8. The average molecular weight is 223 g/mol. The summed E-state index contributed by atoms with van der Waals surface area (Å²) >= 11 is 0. The van der Waals surface area contributed by atoms with Crippen LogP contribution in [0.4, 0.5) is 0 Å². The molecule has 16 heavy (non-hydrogen) atoms. The number of hydrogen-bond donors (Lipinski definition) is 0. The summed E-state index contributed by atoms with van der Waals surface area (Å²) in [4.78, 5) is 34.2. The molecule has 0 saturated heterocycles. The monoisotopic (exact) mass is 223 g/mol. The summed E-state index contributed by atoms with van der Waals surface area (Å²) in [5.74, 6) is -3.22. The Kier molecular flexibility index (Phi) is 3.60. The van der Waals surface area contributed by atoms with Crippen LogP contribution < -0.4 is 0 Å². The van der Waals surface area contributed by atoms with Crippen LogP contribution in [0.2, 0.25) is 0 Å². The Bertz CT molecular complexity index is 433. The van der Waals surface area contributed by atoms with E-state index in [1.807, 2.05) is 0 Å². The third-order valence-electron chi connectivity index (χ3n) is 2.37. The van der Waals surface area contributed by atoms with Crippen molar-refractivity contribution >= 4 is 17.5 Å². The number of rotatable bonds is 4. The molecule has 1 aromatic rings. The molecule has 0 radical (unpaired) electrons. The first-order valence-corrected chi connectivity index (χ1v) is 4.76. The molecule has 1 unspecified atom stereocenters. The Balaban J connectivity index is 2.87. The van der Waals surface area contributed by atoms with E-state index < -0.39 is 17.7 Å². The average Bonchev–Trinajstić information content (AvgIpc) is 2.71. The van der Waals surface area contributed by atoms with Gasteiger partial charge in [-0.2, -0.15) is 0 Å². The molecule has 1 heterocycles. The van der Waals surface area contributed by atoms with Crippen molar-refractivity contribution in [1.82, 2.24) is 4.57 Å². The molecular formula is C11H13NO4. The number of ether oxygens (including phenoxy) is 1. The normalized spacial score (nSPS) is 11.9. The van der Waals surface area contributed by atoms with Gasteiger partial charge in [-0.1, -0.05) is 0 Å². The van der Waals surface area contributed by atoms with Crippen molar-refractivity contribution in [3.63, 3.8) is 0 Å². The third-order valence-corrected chi connectivity index (χ3v) is 2.37. The van der Waals surface area contributed by atoms with E-state index in [0.717, 1.165) is 7.11 Å². The molecule has 1 aromatic heterocycles. The zero-order valence-corrected chi connectivity index (χ0v) is 9.39. The maximum absolute atomic E-state index is 11.8. The van der Waals surface area contributed by atoms with Crippen LogP contribution in [-0.2, 0) is 21.4 Å². The number of hydrogen-bond acceptors (Lipinski definition) is 4. The molecule has 0 aliphatic carbocycles. The number of carbonyl (C=O) groups is 3. The Morgan fingerprint density at radius 1 is 1.38 bits per heavy atom. The molecule has 0 N–H and O–H groups in total. The standard InChI is InChI=1S/C11H13NO4/c1-7(10(14)11(15)16-3)9(13)8-5-4-6-12(8)2/h4-7H,1-3H3. The van der Waals surface area contributed by atoms with E-state index in [4.69, 9.17) is 0 Å². The van der Waals surface area contributed by atoms with Crippen molar-refractivity contribution in [2.45, 2.75) is 6.92 Å². The Hall–Kier alpha value is -1.91. The van der Waals surface area contributed by atoms with Crippen LogP contribution in [0.25, 0.3) is 0 Å². The minimum Gasteiger partial charge on any atom is -0.463 e. The van der Waals surface area contributed by atoms with Crippen LogP contribution in [0.15, 0.2) is 18.3 Å². The van der Waals surface area contributed by atoms with Gasteiger partial charge in [-0.15, -0.1) is 0 Å². The van der Waals surface area contributed by atoms with Crippen molar-refractivity contribution in [2.24, 2.45) is 13.0 Å². The second kappa shape index (κ2) is 4.74. The van der Waals surface area contributed by atoms with E-state index in [9.17, 15) is 14.4 Å². The lowest BCUT2D eigenvalue weighted by molar-refractivity contribution is -0.152. The fraction of sp³-hybridized carbons (Fsp3) is 0.364. The Labute approximate surface area is 93.0 Å². The molecule has 0 aromatic carbocycles. The molecule has 5 nitrogen and oxygen atoms in total. The molecule has 0 saturated carbocycles. The second-order valence-corrected chi connectivity index (χ2v) is 3.45. The van der Waals surface area contributed by atoms with E-state index in [-0.39, 0.29) is 5.78 Å². The van der Waals surface area contributed by atoms with Gasteiger partial charge in [0.25, 0.3) is 5.78 Å². The van der Waals surface area contributed by atoms with Gasteiger partial charge < -0.3 is 9.30 Å². The molecule has 5 heteroatoms. The number of ketones is 2. The number of nitrogens with zero attached hydrogens (tertiary/aromatic N) is 1. The fourth-order valence-electron chi connectivity index (χ4n) is 1.34. The highest BCUT2D eigenvalue weighted by molar-refractivity contribution is 6.39. The van der Waals surface area contributed by atoms with Crippen LogP contribution in [0, 0.1) is 5.92 Å². The lowest BCUT2D eigenvalue weighted by Gasteiger charge is -2.08. The Morgan fingerprint density at radius 3 is 2.44 bits per heavy atom. The summed E-state index contributed by atoms with van der Waals surface area (Å²) in [6.45, 7) is 1.40. The molecule has 0 amide bonds. The number of Topliss-reactive ketones (excluding diaryl/α,β-unsaturated/α-hetero) is 2. The third kappa shape index (κ3) is 2.18. The second-order valence-electron chi connectivity index (χ2n) is 3.45. The largest absolute Gasteiger partial charge is 0.463 e. The highest BCUT2D eigenvalue weighted by atomic mass is 16.5. The van der Waals surface area contributed by atoms with E-state index in [0.29, 0.717) is 5.69 Å². The molecule has 0 aliphatic rings. The van der Waals surface area contributed by atoms with Crippen molar-refractivity contribution in [2.75, 3.05) is 7.11 Å². The first-order valence-electron chi connectivity index (χ1n) is 4.76. The highest BCUT2D eigenvalue weighted by Crippen LogP contribution is 2.10. The number of methoxy groups -OCH3 is 1. The lowest BCUT2D eigenvalue weighted by Crippen LogP contribution is -2.29. The van der Waals surface area contributed by atoms with Crippen LogP contribution >= 0.6 is 0 Å². The SMILES string of the molecule is COC(=O)C(=O)C(C)C(=O)c1cccn1C. The summed E-state index contributed by atoms with van der Waals surface area (Å²) < 4.78 is 5.88. The smallest absolute Gasteiger partial charge is 0.375 e. The van der Waals surface area contributed by atoms with E-state index in [1.54, 1.807) is 29.9 Å². The summed E-state index contributed by atoms with van der Waals surface area (Å²) in [7, 11) is 2.81. The minimum absolute atomic E-state index is 0.386. The molecule has 0 aliphatic heterocycles. The van der Waals surface area contributed by atoms with Crippen molar-refractivity contribution in [3.8, 4) is 0 Å². The van der Waals surface area contributed by atoms with Gasteiger partial charge in [0.05, 0.1) is 18.7 Å². The lowest BCUT2D eigenvalue weighted by atomic mass is 9.99. The molecule has 1 atom stereocenters. The number of aryl methyl sites for hydroxylation is 1. The number of aromatic nitrogens is 1. The molecular weight excluding hydrogens is 210 g/mol. The van der Waals surface area contributed by atoms with E-state index in [1.165, 1.54) is 6.92 Å². The van der Waals surface area contributed by atoms with Crippen molar-refractivity contribution in [3.05, 3.63) is 24.0 Å². The van der Waals surface area contributed by atoms with Gasteiger partial charge in [-0.25, -0.2) is 4.79 Å². The van der Waals surface area contributed by atoms with Gasteiger partial charge >= 0.3 is 5.97 Å². The quantitative estimate of drug-likeness (QED) is 0.324. The topological polar surface area (TPSA) is 65.4 Å². The Morgan fingerprint density at radius 2 is 2.00 bits per heavy atom. The van der Waals surface area contributed by atoms with Gasteiger partial charge in [0.15, 0.2) is 5.78 Å². The van der Waals surface area contributed by atoms with Crippen LogP contribution in [-0.4, -0.2) is 29.2 Å². The van der Waals surface area contributed by atoms with Crippen LogP contribution in [0.3, 0.4) is 0 Å². The van der Waals surface area contributed by atoms with Crippen molar-refractivity contribution < 1.29 is 19.1 Å². The minimum atomic E-state index is -1.01. The summed E-state index contributed by atoms with van der Waals surface area (Å²) in [5.41, 5.74) is 0.393. The zero-order chi connectivity index (χ0) is 12.3. The fourth-order valence-corrected chi connectivity index (χ4v) is 1.34. The van der Waals surface area contributed by atoms with E-state index in [2.05, 4.69) is 4.74 Å². The van der Waals surface area contributed by atoms with Gasteiger partial charge in [-0.3, -0.25) is 9.59 Å². The summed E-state index contributed by atoms with van der Waals surface area (Å²) in [5, 5.41) is 0. The highest BCUT2D eigenvalue weighted by Gasteiger charge is 2.29. The number of esters is 1. The summed E-state index contributed by atoms with van der Waals surface area (Å²) in [6.07, 6.45) is 1.70. The summed E-state index contributed by atoms with van der Waals surface area (Å²) in [6, 6.07) is 3.30. The molecule has 0 spiro atoms. The van der Waals surface area contributed by atoms with Crippen LogP contribution in [0.5, 0.6) is 0 Å². The van der Waals surface area contributed by atoms with Crippen molar-refractivity contribution in [1.29, 1.82) is 0 Å². The first-order chi connectivity index (χ1) is 7.49. The van der Waals surface area contributed by atoms with Gasteiger partial charge in [0.1, 0.15) is 0 Å². The predicted octanol–water partition coefficient (Wildman–Crippen LogP) is 0.586.